The Morgan fingerprint density at radius 3 is 2.30 bits per heavy atom. The fourth-order valence-corrected chi connectivity index (χ4v) is 3.32. The SMILES string of the molecule is CCC(C)(C)c1ccc(S(=O)(=O)Nc2cc(Cl)ccc2O)cc1. The van der Waals surface area contributed by atoms with Crippen molar-refractivity contribution in [1.82, 2.24) is 0 Å². The van der Waals surface area contributed by atoms with Gasteiger partial charge in [0.15, 0.2) is 0 Å². The maximum Gasteiger partial charge on any atom is 0.262 e. The van der Waals surface area contributed by atoms with Gasteiger partial charge < -0.3 is 5.11 Å². The van der Waals surface area contributed by atoms with E-state index in [1.807, 2.05) is 12.1 Å². The zero-order valence-corrected chi connectivity index (χ0v) is 14.9. The summed E-state index contributed by atoms with van der Waals surface area (Å²) in [4.78, 5) is 0.132. The molecule has 0 saturated carbocycles. The summed E-state index contributed by atoms with van der Waals surface area (Å²) in [6.07, 6.45) is 0.952. The number of halogens is 1. The van der Waals surface area contributed by atoms with Gasteiger partial charge in [0.05, 0.1) is 10.6 Å². The fraction of sp³-hybridized carbons (Fsp3) is 0.294. The third kappa shape index (κ3) is 3.98. The van der Waals surface area contributed by atoms with Crippen molar-refractivity contribution in [3.8, 4) is 5.75 Å². The summed E-state index contributed by atoms with van der Waals surface area (Å²) in [6.45, 7) is 6.31. The molecule has 124 valence electrons. The predicted octanol–water partition coefficient (Wildman–Crippen LogP) is 4.53. The summed E-state index contributed by atoms with van der Waals surface area (Å²) in [5, 5.41) is 10.1. The second-order valence-corrected chi connectivity index (χ2v) is 8.15. The summed E-state index contributed by atoms with van der Waals surface area (Å²) in [6, 6.07) is 10.9. The van der Waals surface area contributed by atoms with E-state index in [1.165, 1.54) is 18.2 Å². The molecule has 2 aromatic rings. The Morgan fingerprint density at radius 2 is 1.74 bits per heavy atom. The normalized spacial score (nSPS) is 12.2. The lowest BCUT2D eigenvalue weighted by atomic mass is 9.82. The maximum absolute atomic E-state index is 12.4. The topological polar surface area (TPSA) is 66.4 Å². The van der Waals surface area contributed by atoms with Crippen molar-refractivity contribution in [3.05, 3.63) is 53.1 Å². The lowest BCUT2D eigenvalue weighted by Crippen LogP contribution is -2.17. The zero-order valence-electron chi connectivity index (χ0n) is 13.3. The third-order valence-electron chi connectivity index (χ3n) is 4.03. The Bertz CT molecular complexity index is 799. The van der Waals surface area contributed by atoms with E-state index in [1.54, 1.807) is 12.1 Å². The first-order valence-electron chi connectivity index (χ1n) is 7.27. The average molecular weight is 354 g/mol. The minimum atomic E-state index is -3.79. The molecule has 0 saturated heterocycles. The van der Waals surface area contributed by atoms with E-state index >= 15 is 0 Å². The number of hydrogen-bond acceptors (Lipinski definition) is 3. The maximum atomic E-state index is 12.4. The van der Waals surface area contributed by atoms with Gasteiger partial charge in [-0.25, -0.2) is 8.42 Å². The molecule has 0 aliphatic heterocycles. The summed E-state index contributed by atoms with van der Waals surface area (Å²) in [5.74, 6) is -0.179. The van der Waals surface area contributed by atoms with Crippen molar-refractivity contribution < 1.29 is 13.5 Å². The number of benzene rings is 2. The molecule has 0 aliphatic rings. The molecule has 4 nitrogen and oxygen atoms in total. The first kappa shape index (κ1) is 17.6. The smallest absolute Gasteiger partial charge is 0.262 e. The molecule has 0 atom stereocenters. The predicted molar refractivity (Wildman–Crippen MR) is 93.7 cm³/mol. The molecule has 6 heteroatoms. The van der Waals surface area contributed by atoms with Crippen molar-refractivity contribution in [2.24, 2.45) is 0 Å². The Balaban J connectivity index is 2.31. The van der Waals surface area contributed by atoms with Gasteiger partial charge in [0.2, 0.25) is 0 Å². The highest BCUT2D eigenvalue weighted by atomic mass is 35.5. The van der Waals surface area contributed by atoms with Crippen LogP contribution in [0.2, 0.25) is 5.02 Å². The van der Waals surface area contributed by atoms with Gasteiger partial charge in [-0.15, -0.1) is 0 Å². The van der Waals surface area contributed by atoms with Crippen LogP contribution in [0.15, 0.2) is 47.4 Å². The number of nitrogens with one attached hydrogen (secondary N) is 1. The summed E-state index contributed by atoms with van der Waals surface area (Å²) in [5.41, 5.74) is 1.11. The largest absolute Gasteiger partial charge is 0.506 e. The van der Waals surface area contributed by atoms with Crippen LogP contribution in [0.5, 0.6) is 5.75 Å². The van der Waals surface area contributed by atoms with E-state index in [9.17, 15) is 13.5 Å². The molecule has 0 unspecified atom stereocenters. The summed E-state index contributed by atoms with van der Waals surface area (Å²) < 4.78 is 27.2. The van der Waals surface area contributed by atoms with E-state index in [0.29, 0.717) is 5.02 Å². The molecule has 0 amide bonds. The molecule has 0 radical (unpaired) electrons. The molecular weight excluding hydrogens is 334 g/mol. The second kappa shape index (κ2) is 6.42. The minimum Gasteiger partial charge on any atom is -0.506 e. The first-order valence-corrected chi connectivity index (χ1v) is 9.14. The molecule has 0 spiro atoms. The van der Waals surface area contributed by atoms with Crippen LogP contribution in [-0.4, -0.2) is 13.5 Å². The lowest BCUT2D eigenvalue weighted by Gasteiger charge is -2.23. The molecule has 0 aliphatic carbocycles. The monoisotopic (exact) mass is 353 g/mol. The number of hydrogen-bond donors (Lipinski definition) is 2. The van der Waals surface area contributed by atoms with Gasteiger partial charge in [-0.2, -0.15) is 0 Å². The number of aromatic hydroxyl groups is 1. The van der Waals surface area contributed by atoms with Crippen LogP contribution in [0.3, 0.4) is 0 Å². The molecule has 23 heavy (non-hydrogen) atoms. The van der Waals surface area contributed by atoms with Gasteiger partial charge in [0.1, 0.15) is 5.75 Å². The van der Waals surface area contributed by atoms with Gasteiger partial charge in [-0.3, -0.25) is 4.72 Å². The van der Waals surface area contributed by atoms with Crippen molar-refractivity contribution in [3.63, 3.8) is 0 Å². The average Bonchev–Trinajstić information content (AvgIpc) is 2.51. The fourth-order valence-electron chi connectivity index (χ4n) is 2.08. The van der Waals surface area contributed by atoms with Gasteiger partial charge in [-0.1, -0.05) is 44.5 Å². The van der Waals surface area contributed by atoms with E-state index in [4.69, 9.17) is 11.6 Å². The minimum absolute atomic E-state index is 0.0130. The van der Waals surface area contributed by atoms with Crippen molar-refractivity contribution >= 4 is 27.3 Å². The van der Waals surface area contributed by atoms with Gasteiger partial charge in [-0.05, 0) is 47.7 Å². The Hall–Kier alpha value is -1.72. The van der Waals surface area contributed by atoms with Crippen molar-refractivity contribution in [2.45, 2.75) is 37.5 Å². The van der Waals surface area contributed by atoms with Crippen LogP contribution < -0.4 is 4.72 Å². The molecular formula is C17H20ClNO3S. The van der Waals surface area contributed by atoms with Crippen molar-refractivity contribution in [2.75, 3.05) is 4.72 Å². The summed E-state index contributed by atoms with van der Waals surface area (Å²) >= 11 is 5.83. The molecule has 2 aromatic carbocycles. The van der Waals surface area contributed by atoms with Crippen LogP contribution in [0.1, 0.15) is 32.8 Å². The van der Waals surface area contributed by atoms with E-state index < -0.39 is 10.0 Å². The standard InChI is InChI=1S/C17H20ClNO3S/c1-4-17(2,3)12-5-8-14(9-6-12)23(21,22)19-15-11-13(18)7-10-16(15)20/h5-11,19-20H,4H2,1-3H3. The van der Waals surface area contributed by atoms with Crippen LogP contribution in [0, 0.1) is 0 Å². The Labute approximate surface area is 142 Å². The molecule has 2 rings (SSSR count). The van der Waals surface area contributed by atoms with Gasteiger partial charge in [0.25, 0.3) is 10.0 Å². The highest BCUT2D eigenvalue weighted by Gasteiger charge is 2.20. The van der Waals surface area contributed by atoms with Crippen LogP contribution in [0.4, 0.5) is 5.69 Å². The highest BCUT2D eigenvalue weighted by Crippen LogP contribution is 2.30. The highest BCUT2D eigenvalue weighted by molar-refractivity contribution is 7.92. The van der Waals surface area contributed by atoms with E-state index in [2.05, 4.69) is 25.5 Å². The molecule has 0 heterocycles. The Morgan fingerprint density at radius 1 is 1.13 bits per heavy atom. The van der Waals surface area contributed by atoms with Crippen LogP contribution in [0.25, 0.3) is 0 Å². The Kier molecular flexibility index (Phi) is 4.92. The van der Waals surface area contributed by atoms with E-state index in [0.717, 1.165) is 12.0 Å². The molecule has 2 N–H and O–H groups in total. The number of phenols is 1. The third-order valence-corrected chi connectivity index (χ3v) is 5.65. The van der Waals surface area contributed by atoms with Crippen LogP contribution >= 0.6 is 11.6 Å². The first-order chi connectivity index (χ1) is 10.7. The lowest BCUT2D eigenvalue weighted by molar-refractivity contribution is 0.477. The second-order valence-electron chi connectivity index (χ2n) is 6.03. The summed E-state index contributed by atoms with van der Waals surface area (Å²) in [7, 11) is -3.79. The van der Waals surface area contributed by atoms with Crippen LogP contribution in [-0.2, 0) is 15.4 Å². The zero-order chi connectivity index (χ0) is 17.3. The van der Waals surface area contributed by atoms with Gasteiger partial charge in [0, 0.05) is 5.02 Å². The number of sulfonamides is 1. The molecule has 0 fully saturated rings. The number of anilines is 1. The van der Waals surface area contributed by atoms with Gasteiger partial charge >= 0.3 is 0 Å². The number of phenolic OH excluding ortho intramolecular Hbond substituents is 1. The van der Waals surface area contributed by atoms with Crippen molar-refractivity contribution in [1.29, 1.82) is 0 Å². The number of rotatable bonds is 5. The molecule has 0 bridgehead atoms. The van der Waals surface area contributed by atoms with E-state index in [-0.39, 0.29) is 21.7 Å². The quantitative estimate of drug-likeness (QED) is 0.776. The molecule has 0 aromatic heterocycles.